The van der Waals surface area contributed by atoms with Gasteiger partial charge in [0.25, 0.3) is 0 Å². The Kier molecular flexibility index (Phi) is 6.35. The highest BCUT2D eigenvalue weighted by molar-refractivity contribution is 5.84. The number of anilines is 3. The van der Waals surface area contributed by atoms with Crippen molar-refractivity contribution in [1.29, 1.82) is 0 Å². The second-order valence-corrected chi connectivity index (χ2v) is 9.16. The lowest BCUT2D eigenvalue weighted by Gasteiger charge is -2.31. The summed E-state index contributed by atoms with van der Waals surface area (Å²) < 4.78 is 6.44. The van der Waals surface area contributed by atoms with Gasteiger partial charge in [-0.3, -0.25) is 0 Å². The maximum atomic E-state index is 10.3. The molecule has 0 fully saturated rings. The van der Waals surface area contributed by atoms with Crippen LogP contribution >= 0.6 is 0 Å². The number of aromatic hydroxyl groups is 3. The van der Waals surface area contributed by atoms with E-state index in [1.54, 1.807) is 18.2 Å². The third kappa shape index (κ3) is 4.62. The fraction of sp³-hybridized carbons (Fsp3) is 0.200. The number of para-hydroxylation sites is 2. The lowest BCUT2D eigenvalue weighted by atomic mass is 10.0. The summed E-state index contributed by atoms with van der Waals surface area (Å²) in [6, 6.07) is 18.7. The predicted octanol–water partition coefficient (Wildman–Crippen LogP) is 7.92. The number of hydrogen-bond donors (Lipinski definition) is 3. The minimum absolute atomic E-state index is 0.232. The topological polar surface area (TPSA) is 73.2 Å². The van der Waals surface area contributed by atoms with Crippen molar-refractivity contribution in [1.82, 2.24) is 0 Å². The lowest BCUT2D eigenvalue weighted by Crippen LogP contribution is -2.14. The Morgan fingerprint density at radius 1 is 0.486 bits per heavy atom. The van der Waals surface area contributed by atoms with Crippen molar-refractivity contribution in [2.45, 2.75) is 41.5 Å². The number of benzene rings is 4. The monoisotopic (exact) mass is 469 g/mol. The number of phenols is 3. The SMILES string of the molecule is Cc1cc(Oc2ccccc2N(c2cc(C)c(O)cc2C)c2cc(C)c(O)cc2C)c(C)cc1O. The molecule has 0 spiro atoms. The third-order valence-electron chi connectivity index (χ3n) is 6.33. The maximum Gasteiger partial charge on any atom is 0.151 e. The van der Waals surface area contributed by atoms with Crippen LogP contribution in [0.25, 0.3) is 0 Å². The van der Waals surface area contributed by atoms with Gasteiger partial charge in [0.05, 0.1) is 5.69 Å². The Labute approximate surface area is 206 Å². The number of nitrogens with zero attached hydrogens (tertiary/aromatic N) is 1. The van der Waals surface area contributed by atoms with Crippen molar-refractivity contribution < 1.29 is 20.1 Å². The number of rotatable bonds is 5. The van der Waals surface area contributed by atoms with Gasteiger partial charge in [0.1, 0.15) is 23.0 Å². The highest BCUT2D eigenvalue weighted by Gasteiger charge is 2.22. The number of phenolic OH excluding ortho intramolecular Hbond substituents is 3. The first-order valence-electron chi connectivity index (χ1n) is 11.5. The summed E-state index contributed by atoms with van der Waals surface area (Å²) in [6.07, 6.45) is 0. The van der Waals surface area contributed by atoms with Gasteiger partial charge in [0, 0.05) is 11.4 Å². The van der Waals surface area contributed by atoms with E-state index in [2.05, 4.69) is 4.90 Å². The molecule has 35 heavy (non-hydrogen) atoms. The second kappa shape index (κ2) is 9.26. The molecule has 0 saturated carbocycles. The van der Waals surface area contributed by atoms with Gasteiger partial charge in [-0.25, -0.2) is 0 Å². The van der Waals surface area contributed by atoms with Crippen LogP contribution in [-0.4, -0.2) is 15.3 Å². The molecule has 4 rings (SSSR count). The van der Waals surface area contributed by atoms with Crippen LogP contribution in [0.5, 0.6) is 28.7 Å². The molecule has 0 aliphatic carbocycles. The summed E-state index contributed by atoms with van der Waals surface area (Å²) in [7, 11) is 0. The smallest absolute Gasteiger partial charge is 0.151 e. The van der Waals surface area contributed by atoms with Gasteiger partial charge >= 0.3 is 0 Å². The van der Waals surface area contributed by atoms with Crippen molar-refractivity contribution in [3.63, 3.8) is 0 Å². The van der Waals surface area contributed by atoms with Gasteiger partial charge in [0.15, 0.2) is 5.75 Å². The van der Waals surface area contributed by atoms with Crippen molar-refractivity contribution in [2.24, 2.45) is 0 Å². The van der Waals surface area contributed by atoms with Gasteiger partial charge in [-0.2, -0.15) is 0 Å². The molecule has 0 unspecified atom stereocenters. The molecule has 0 amide bonds. The quantitative estimate of drug-likeness (QED) is 0.277. The van der Waals surface area contributed by atoms with Crippen LogP contribution in [0.2, 0.25) is 0 Å². The minimum atomic E-state index is 0.232. The molecule has 5 nitrogen and oxygen atoms in total. The Morgan fingerprint density at radius 3 is 1.49 bits per heavy atom. The van der Waals surface area contributed by atoms with E-state index in [0.717, 1.165) is 50.4 Å². The van der Waals surface area contributed by atoms with E-state index in [1.165, 1.54) is 0 Å². The number of hydrogen-bond acceptors (Lipinski definition) is 5. The van der Waals surface area contributed by atoms with E-state index in [9.17, 15) is 15.3 Å². The molecule has 0 aliphatic heterocycles. The van der Waals surface area contributed by atoms with Gasteiger partial charge in [-0.15, -0.1) is 0 Å². The normalized spacial score (nSPS) is 10.9. The Balaban J connectivity index is 1.96. The molecule has 0 heterocycles. The summed E-state index contributed by atoms with van der Waals surface area (Å²) >= 11 is 0. The first-order valence-corrected chi connectivity index (χ1v) is 11.5. The maximum absolute atomic E-state index is 10.3. The minimum Gasteiger partial charge on any atom is -0.508 e. The average molecular weight is 470 g/mol. The number of aryl methyl sites for hydroxylation is 6. The van der Waals surface area contributed by atoms with Crippen molar-refractivity contribution in [2.75, 3.05) is 4.90 Å². The van der Waals surface area contributed by atoms with Crippen LogP contribution in [0, 0.1) is 41.5 Å². The largest absolute Gasteiger partial charge is 0.508 e. The molecule has 0 aromatic heterocycles. The van der Waals surface area contributed by atoms with Gasteiger partial charge in [-0.05, 0) is 123 Å². The van der Waals surface area contributed by atoms with Gasteiger partial charge in [-0.1, -0.05) is 12.1 Å². The fourth-order valence-corrected chi connectivity index (χ4v) is 4.17. The average Bonchev–Trinajstić information content (AvgIpc) is 2.80. The summed E-state index contributed by atoms with van der Waals surface area (Å²) in [5.41, 5.74) is 7.44. The van der Waals surface area contributed by atoms with Crippen molar-refractivity contribution >= 4 is 17.1 Å². The van der Waals surface area contributed by atoms with Crippen LogP contribution in [0.3, 0.4) is 0 Å². The molecular formula is C30H31NO4. The highest BCUT2D eigenvalue weighted by atomic mass is 16.5. The van der Waals surface area contributed by atoms with Crippen LogP contribution in [-0.2, 0) is 0 Å². The summed E-state index contributed by atoms with van der Waals surface area (Å²) in [6.45, 7) is 11.4. The molecule has 0 aliphatic rings. The van der Waals surface area contributed by atoms with Crippen LogP contribution in [0.1, 0.15) is 33.4 Å². The second-order valence-electron chi connectivity index (χ2n) is 9.16. The summed E-state index contributed by atoms with van der Waals surface area (Å²) in [5, 5.41) is 30.7. The molecule has 3 N–H and O–H groups in total. The van der Waals surface area contributed by atoms with Crippen molar-refractivity contribution in [3.8, 4) is 28.7 Å². The molecule has 0 radical (unpaired) electrons. The van der Waals surface area contributed by atoms with E-state index in [4.69, 9.17) is 4.74 Å². The van der Waals surface area contributed by atoms with E-state index >= 15 is 0 Å². The van der Waals surface area contributed by atoms with Crippen molar-refractivity contribution in [3.05, 3.63) is 94.0 Å². The lowest BCUT2D eigenvalue weighted by molar-refractivity contribution is 0.458. The zero-order valence-electron chi connectivity index (χ0n) is 21.0. The first kappa shape index (κ1) is 24.0. The zero-order valence-corrected chi connectivity index (χ0v) is 21.0. The third-order valence-corrected chi connectivity index (χ3v) is 6.33. The highest BCUT2D eigenvalue weighted by Crippen LogP contribution is 2.46. The Bertz CT molecular complexity index is 1370. The van der Waals surface area contributed by atoms with Crippen LogP contribution in [0.4, 0.5) is 17.1 Å². The molecular weight excluding hydrogens is 438 g/mol. The molecule has 0 atom stereocenters. The van der Waals surface area contributed by atoms with Gasteiger partial charge in [0.2, 0.25) is 0 Å². The molecule has 180 valence electrons. The Morgan fingerprint density at radius 2 is 0.943 bits per heavy atom. The zero-order chi connectivity index (χ0) is 25.4. The van der Waals surface area contributed by atoms with E-state index in [0.29, 0.717) is 11.5 Å². The fourth-order valence-electron chi connectivity index (χ4n) is 4.17. The number of ether oxygens (including phenoxy) is 1. The van der Waals surface area contributed by atoms with E-state index in [-0.39, 0.29) is 17.2 Å². The molecule has 5 heteroatoms. The predicted molar refractivity (Wildman–Crippen MR) is 141 cm³/mol. The molecule has 4 aromatic carbocycles. The summed E-state index contributed by atoms with van der Waals surface area (Å²) in [5.74, 6) is 2.00. The molecule has 0 bridgehead atoms. The van der Waals surface area contributed by atoms with Crippen LogP contribution < -0.4 is 9.64 Å². The Hall–Kier alpha value is -4.12. The van der Waals surface area contributed by atoms with Crippen LogP contribution in [0.15, 0.2) is 60.7 Å². The standard InChI is InChI=1S/C30H31NO4/c1-17-13-26(32)19(3)11-24(17)31(25-12-20(4)27(33)14-18(25)2)23-9-7-8-10-29(23)35-30-16-21(5)28(34)15-22(30)6/h7-16,32-34H,1-6H3. The van der Waals surface area contributed by atoms with Gasteiger partial charge < -0.3 is 25.0 Å². The molecule has 0 saturated heterocycles. The van der Waals surface area contributed by atoms with E-state index < -0.39 is 0 Å². The molecule has 4 aromatic rings. The summed E-state index contributed by atoms with van der Waals surface area (Å²) in [4.78, 5) is 2.10. The first-order chi connectivity index (χ1) is 16.6. The van der Waals surface area contributed by atoms with E-state index in [1.807, 2.05) is 84.0 Å².